The van der Waals surface area contributed by atoms with E-state index < -0.39 is 4.92 Å². The van der Waals surface area contributed by atoms with Gasteiger partial charge in [-0.3, -0.25) is 24.6 Å². The summed E-state index contributed by atoms with van der Waals surface area (Å²) in [6.45, 7) is 4.63. The molecule has 0 N–H and O–H groups in total. The predicted octanol–water partition coefficient (Wildman–Crippen LogP) is 3.61. The van der Waals surface area contributed by atoms with E-state index in [1.807, 2.05) is 49.1 Å². The van der Waals surface area contributed by atoms with Crippen molar-refractivity contribution in [1.29, 1.82) is 0 Å². The smallest absolute Gasteiger partial charge is 0.278 e. The molecule has 1 aliphatic heterocycles. The first kappa shape index (κ1) is 19.3. The number of hydrogen-bond acceptors (Lipinski definition) is 5. The number of hydrogen-bond donors (Lipinski definition) is 0. The third-order valence-corrected chi connectivity index (χ3v) is 4.61. The average molecular weight is 379 g/mol. The molecule has 7 nitrogen and oxygen atoms in total. The van der Waals surface area contributed by atoms with Crippen LogP contribution in [0.3, 0.4) is 0 Å². The summed E-state index contributed by atoms with van der Waals surface area (Å²) in [6.07, 6.45) is 0.649. The second-order valence-electron chi connectivity index (χ2n) is 6.37. The largest absolute Gasteiger partial charge is 0.337 e. The number of carbonyl (C=O) groups excluding carboxylic acids is 2. The van der Waals surface area contributed by atoms with Crippen LogP contribution in [0.1, 0.15) is 25.8 Å². The first-order chi connectivity index (χ1) is 13.5. The highest BCUT2D eigenvalue weighted by Gasteiger charge is 2.41. The number of anilines is 1. The van der Waals surface area contributed by atoms with Crippen LogP contribution in [0, 0.1) is 10.1 Å². The summed E-state index contributed by atoms with van der Waals surface area (Å²) in [5.41, 5.74) is 1.81. The molecule has 2 amide bonds. The zero-order valence-corrected chi connectivity index (χ0v) is 15.8. The van der Waals surface area contributed by atoms with E-state index in [1.54, 1.807) is 0 Å². The molecule has 2 aromatic rings. The van der Waals surface area contributed by atoms with Gasteiger partial charge in [-0.1, -0.05) is 25.1 Å². The Morgan fingerprint density at radius 1 is 0.964 bits per heavy atom. The molecule has 1 aliphatic rings. The highest BCUT2D eigenvalue weighted by molar-refractivity contribution is 6.36. The molecule has 0 fully saturated rings. The van der Waals surface area contributed by atoms with Crippen molar-refractivity contribution in [2.75, 3.05) is 18.0 Å². The minimum atomic E-state index is -0.494. The second-order valence-corrected chi connectivity index (χ2v) is 6.37. The van der Waals surface area contributed by atoms with Crippen molar-refractivity contribution >= 4 is 28.8 Å². The predicted molar refractivity (Wildman–Crippen MR) is 106 cm³/mol. The van der Waals surface area contributed by atoms with E-state index in [2.05, 4.69) is 0 Å². The van der Waals surface area contributed by atoms with Crippen LogP contribution in [0.15, 0.2) is 60.3 Å². The minimum Gasteiger partial charge on any atom is -0.337 e. The normalized spacial score (nSPS) is 14.0. The maximum absolute atomic E-state index is 13.1. The Hall–Kier alpha value is -3.48. The topological polar surface area (TPSA) is 83.8 Å². The molecular formula is C21H21N3O4. The Kier molecular flexibility index (Phi) is 5.54. The van der Waals surface area contributed by atoms with Gasteiger partial charge in [0.15, 0.2) is 0 Å². The van der Waals surface area contributed by atoms with Crippen molar-refractivity contribution in [3.63, 3.8) is 0 Å². The van der Waals surface area contributed by atoms with Gasteiger partial charge in [0.1, 0.15) is 5.70 Å². The fourth-order valence-corrected chi connectivity index (χ4v) is 3.33. The highest BCUT2D eigenvalue weighted by Crippen LogP contribution is 2.34. The summed E-state index contributed by atoms with van der Waals surface area (Å²) in [6, 6.07) is 15.1. The van der Waals surface area contributed by atoms with Crippen molar-refractivity contribution in [3.8, 4) is 0 Å². The number of amides is 2. The molecule has 144 valence electrons. The fourth-order valence-electron chi connectivity index (χ4n) is 3.33. The van der Waals surface area contributed by atoms with E-state index in [9.17, 15) is 19.7 Å². The lowest BCUT2D eigenvalue weighted by molar-refractivity contribution is -0.384. The summed E-state index contributed by atoms with van der Waals surface area (Å²) in [7, 11) is 0. The van der Waals surface area contributed by atoms with E-state index in [4.69, 9.17) is 0 Å². The number of nitrogens with zero attached hydrogens (tertiary/aromatic N) is 3. The van der Waals surface area contributed by atoms with Crippen LogP contribution >= 0.6 is 0 Å². The van der Waals surface area contributed by atoms with Crippen LogP contribution in [-0.2, 0) is 9.59 Å². The van der Waals surface area contributed by atoms with Gasteiger partial charge >= 0.3 is 0 Å². The maximum Gasteiger partial charge on any atom is 0.278 e. The molecule has 0 unspecified atom stereocenters. The zero-order chi connectivity index (χ0) is 20.3. The molecule has 7 heteroatoms. The number of non-ortho nitro benzene ring substituents is 1. The molecular weight excluding hydrogens is 358 g/mol. The molecule has 0 bridgehead atoms. The molecule has 0 aromatic heterocycles. The summed E-state index contributed by atoms with van der Waals surface area (Å²) in [5.74, 6) is -0.712. The van der Waals surface area contributed by atoms with Crippen LogP contribution < -0.4 is 4.90 Å². The van der Waals surface area contributed by atoms with E-state index in [0.717, 1.165) is 5.69 Å². The Bertz CT molecular complexity index is 936. The molecule has 0 saturated heterocycles. The van der Waals surface area contributed by atoms with Crippen molar-refractivity contribution in [2.45, 2.75) is 20.3 Å². The molecule has 3 rings (SSSR count). The van der Waals surface area contributed by atoms with Crippen LogP contribution in [0.25, 0.3) is 5.57 Å². The van der Waals surface area contributed by atoms with Gasteiger partial charge in [0.2, 0.25) is 0 Å². The lowest BCUT2D eigenvalue weighted by atomic mass is 10.0. The van der Waals surface area contributed by atoms with Gasteiger partial charge in [-0.25, -0.2) is 0 Å². The number of nitro groups is 1. The van der Waals surface area contributed by atoms with Crippen molar-refractivity contribution < 1.29 is 14.5 Å². The van der Waals surface area contributed by atoms with E-state index in [1.165, 1.54) is 29.2 Å². The monoisotopic (exact) mass is 379 g/mol. The van der Waals surface area contributed by atoms with Crippen LogP contribution in [0.5, 0.6) is 0 Å². The maximum atomic E-state index is 13.1. The zero-order valence-electron chi connectivity index (χ0n) is 15.8. The van der Waals surface area contributed by atoms with Crippen LogP contribution in [-0.4, -0.2) is 34.7 Å². The van der Waals surface area contributed by atoms with E-state index in [-0.39, 0.29) is 23.1 Å². The standard InChI is InChI=1S/C21H21N3O4/c1-3-14-23-20(25)18(15-10-12-17(13-11-15)24(27)28)19(21(23)26)22(4-2)16-8-6-5-7-9-16/h5-13H,3-4,14H2,1-2H3. The number of para-hydroxylation sites is 1. The number of likely N-dealkylation sites (N-methyl/N-ethyl adjacent to an activating group) is 1. The number of carbonyl (C=O) groups is 2. The third kappa shape index (κ3) is 3.38. The van der Waals surface area contributed by atoms with Gasteiger partial charge in [-0.2, -0.15) is 0 Å². The first-order valence-electron chi connectivity index (χ1n) is 9.17. The highest BCUT2D eigenvalue weighted by atomic mass is 16.6. The molecule has 28 heavy (non-hydrogen) atoms. The summed E-state index contributed by atoms with van der Waals surface area (Å²) >= 11 is 0. The number of rotatable bonds is 7. The number of nitro benzene ring substituents is 1. The minimum absolute atomic E-state index is 0.0662. The Morgan fingerprint density at radius 3 is 2.14 bits per heavy atom. The molecule has 0 atom stereocenters. The molecule has 0 aliphatic carbocycles. The molecule has 0 saturated carbocycles. The quantitative estimate of drug-likeness (QED) is 0.417. The van der Waals surface area contributed by atoms with Gasteiger partial charge in [-0.15, -0.1) is 0 Å². The Morgan fingerprint density at radius 2 is 1.61 bits per heavy atom. The summed E-state index contributed by atoms with van der Waals surface area (Å²) in [5, 5.41) is 10.9. The Balaban J connectivity index is 2.16. The second kappa shape index (κ2) is 8.04. The van der Waals surface area contributed by atoms with Crippen LogP contribution in [0.2, 0.25) is 0 Å². The third-order valence-electron chi connectivity index (χ3n) is 4.61. The van der Waals surface area contributed by atoms with Gasteiger partial charge in [0, 0.05) is 30.9 Å². The van der Waals surface area contributed by atoms with Gasteiger partial charge in [-0.05, 0) is 43.2 Å². The molecule has 2 aromatic carbocycles. The van der Waals surface area contributed by atoms with Gasteiger partial charge in [0.05, 0.1) is 10.5 Å². The Labute approximate surface area is 163 Å². The molecule has 0 spiro atoms. The van der Waals surface area contributed by atoms with Gasteiger partial charge in [0.25, 0.3) is 17.5 Å². The first-order valence-corrected chi connectivity index (χ1v) is 9.17. The number of benzene rings is 2. The summed E-state index contributed by atoms with van der Waals surface area (Å²) < 4.78 is 0. The van der Waals surface area contributed by atoms with Crippen molar-refractivity contribution in [1.82, 2.24) is 4.90 Å². The summed E-state index contributed by atoms with van der Waals surface area (Å²) in [4.78, 5) is 39.7. The molecule has 1 heterocycles. The fraction of sp³-hybridized carbons (Fsp3) is 0.238. The average Bonchev–Trinajstić information content (AvgIpc) is 2.95. The van der Waals surface area contributed by atoms with Crippen molar-refractivity contribution in [2.24, 2.45) is 0 Å². The molecule has 0 radical (unpaired) electrons. The van der Waals surface area contributed by atoms with Crippen molar-refractivity contribution in [3.05, 3.63) is 76.0 Å². The lowest BCUT2D eigenvalue weighted by Crippen LogP contribution is -2.35. The van der Waals surface area contributed by atoms with Gasteiger partial charge < -0.3 is 4.90 Å². The SMILES string of the molecule is CCCN1C(=O)C(c2ccc([N+](=O)[O-])cc2)=C(N(CC)c2ccccc2)C1=O. The van der Waals surface area contributed by atoms with Crippen LogP contribution in [0.4, 0.5) is 11.4 Å². The lowest BCUT2D eigenvalue weighted by Gasteiger charge is -2.24. The van der Waals surface area contributed by atoms with E-state index >= 15 is 0 Å². The van der Waals surface area contributed by atoms with E-state index in [0.29, 0.717) is 30.8 Å². The number of imide groups is 1.